The largest absolute Gasteiger partial charge is 0.478 e. The molecule has 0 saturated carbocycles. The summed E-state index contributed by atoms with van der Waals surface area (Å²) in [6.45, 7) is 5.98. The van der Waals surface area contributed by atoms with Crippen molar-refractivity contribution in [1.82, 2.24) is 9.78 Å². The van der Waals surface area contributed by atoms with Crippen LogP contribution in [0.2, 0.25) is 5.02 Å². The summed E-state index contributed by atoms with van der Waals surface area (Å²) >= 11 is 5.98. The van der Waals surface area contributed by atoms with Crippen molar-refractivity contribution in [2.75, 3.05) is 0 Å². The molecule has 0 aliphatic heterocycles. The lowest BCUT2D eigenvalue weighted by Crippen LogP contribution is -2.00. The van der Waals surface area contributed by atoms with Gasteiger partial charge in [0.1, 0.15) is 0 Å². The summed E-state index contributed by atoms with van der Waals surface area (Å²) < 4.78 is 1.85. The molecule has 5 heteroatoms. The van der Waals surface area contributed by atoms with E-state index in [2.05, 4.69) is 5.10 Å². The number of aryl methyl sites for hydroxylation is 1. The Bertz CT molecular complexity index is 632. The van der Waals surface area contributed by atoms with Crippen LogP contribution in [0.25, 0.3) is 11.1 Å². The monoisotopic (exact) mass is 278 g/mol. The minimum atomic E-state index is -0.988. The molecule has 2 aromatic rings. The average molecular weight is 279 g/mol. The predicted molar refractivity (Wildman–Crippen MR) is 74.8 cm³/mol. The predicted octanol–water partition coefficient (Wildman–Crippen LogP) is 3.79. The summed E-state index contributed by atoms with van der Waals surface area (Å²) in [7, 11) is 0. The number of carboxylic acid groups (broad SMARTS) is 1. The number of carbonyl (C=O) groups is 1. The van der Waals surface area contributed by atoms with Gasteiger partial charge in [-0.25, -0.2) is 4.79 Å². The lowest BCUT2D eigenvalue weighted by Gasteiger charge is -2.04. The molecule has 0 bridgehead atoms. The molecule has 1 N–H and O–H groups in total. The summed E-state index contributed by atoms with van der Waals surface area (Å²) in [5, 5.41) is 13.9. The molecule has 0 amide bonds. The number of aromatic nitrogens is 2. The Morgan fingerprint density at radius 1 is 1.37 bits per heavy atom. The highest BCUT2D eigenvalue weighted by Gasteiger charge is 2.12. The molecule has 100 valence electrons. The Kier molecular flexibility index (Phi) is 3.62. The summed E-state index contributed by atoms with van der Waals surface area (Å²) in [5.74, 6) is -0.988. The van der Waals surface area contributed by atoms with Gasteiger partial charge in [-0.15, -0.1) is 0 Å². The lowest BCUT2D eigenvalue weighted by molar-refractivity contribution is 0.0697. The second-order valence-electron chi connectivity index (χ2n) is 4.74. The molecule has 0 fully saturated rings. The fourth-order valence-corrected chi connectivity index (χ4v) is 2.13. The first-order valence-electron chi connectivity index (χ1n) is 5.98. The van der Waals surface area contributed by atoms with Crippen molar-refractivity contribution in [3.8, 4) is 11.1 Å². The van der Waals surface area contributed by atoms with Gasteiger partial charge in [0.15, 0.2) is 0 Å². The van der Waals surface area contributed by atoms with Gasteiger partial charge in [0.25, 0.3) is 0 Å². The quantitative estimate of drug-likeness (QED) is 0.929. The van der Waals surface area contributed by atoms with Gasteiger partial charge in [0.05, 0.1) is 11.3 Å². The maximum atomic E-state index is 11.1. The zero-order valence-corrected chi connectivity index (χ0v) is 11.8. The van der Waals surface area contributed by atoms with Crippen molar-refractivity contribution >= 4 is 17.6 Å². The molecule has 0 aliphatic rings. The molecule has 0 spiro atoms. The van der Waals surface area contributed by atoms with Crippen LogP contribution in [0.5, 0.6) is 0 Å². The Morgan fingerprint density at radius 3 is 2.58 bits per heavy atom. The Hall–Kier alpha value is -1.81. The van der Waals surface area contributed by atoms with E-state index in [1.807, 2.05) is 31.6 Å². The van der Waals surface area contributed by atoms with Crippen LogP contribution in [0.4, 0.5) is 0 Å². The Labute approximate surface area is 116 Å². The molecular formula is C14H15ClN2O2. The molecule has 1 heterocycles. The van der Waals surface area contributed by atoms with E-state index in [1.165, 1.54) is 6.07 Å². The summed E-state index contributed by atoms with van der Waals surface area (Å²) in [5.41, 5.74) is 2.71. The van der Waals surface area contributed by atoms with E-state index < -0.39 is 5.97 Å². The highest BCUT2D eigenvalue weighted by molar-refractivity contribution is 6.31. The van der Waals surface area contributed by atoms with E-state index in [1.54, 1.807) is 12.1 Å². The summed E-state index contributed by atoms with van der Waals surface area (Å²) in [4.78, 5) is 11.1. The zero-order chi connectivity index (χ0) is 14.2. The highest BCUT2D eigenvalue weighted by atomic mass is 35.5. The zero-order valence-electron chi connectivity index (χ0n) is 11.0. The fraction of sp³-hybridized carbons (Fsp3) is 0.286. The van der Waals surface area contributed by atoms with Gasteiger partial charge in [-0.3, -0.25) is 4.68 Å². The molecule has 1 aromatic carbocycles. The van der Waals surface area contributed by atoms with E-state index in [0.29, 0.717) is 5.02 Å². The number of benzene rings is 1. The Balaban J connectivity index is 2.55. The summed E-state index contributed by atoms with van der Waals surface area (Å²) in [6.07, 6.45) is 1.91. The van der Waals surface area contributed by atoms with Crippen LogP contribution in [0, 0.1) is 6.92 Å². The van der Waals surface area contributed by atoms with Crippen LogP contribution in [0.1, 0.15) is 35.9 Å². The number of halogens is 1. The third-order valence-electron chi connectivity index (χ3n) is 2.90. The van der Waals surface area contributed by atoms with Gasteiger partial charge in [-0.05, 0) is 44.5 Å². The second kappa shape index (κ2) is 5.05. The van der Waals surface area contributed by atoms with E-state index in [4.69, 9.17) is 16.7 Å². The molecule has 0 aliphatic carbocycles. The fourth-order valence-electron chi connectivity index (χ4n) is 1.90. The molecule has 0 radical (unpaired) electrons. The summed E-state index contributed by atoms with van der Waals surface area (Å²) in [6, 6.07) is 5.06. The molecule has 0 unspecified atom stereocenters. The van der Waals surface area contributed by atoms with Crippen molar-refractivity contribution in [2.24, 2.45) is 0 Å². The number of rotatable bonds is 3. The van der Waals surface area contributed by atoms with Gasteiger partial charge < -0.3 is 5.11 Å². The minimum absolute atomic E-state index is 0.180. The average Bonchev–Trinajstić information content (AvgIpc) is 2.70. The normalized spacial score (nSPS) is 11.0. The van der Waals surface area contributed by atoms with E-state index in [9.17, 15) is 4.79 Å². The first-order chi connectivity index (χ1) is 8.88. The number of hydrogen-bond donors (Lipinski definition) is 1. The van der Waals surface area contributed by atoms with Crippen LogP contribution >= 0.6 is 11.6 Å². The maximum absolute atomic E-state index is 11.1. The first-order valence-corrected chi connectivity index (χ1v) is 6.36. The van der Waals surface area contributed by atoms with Crippen LogP contribution in [0.3, 0.4) is 0 Å². The minimum Gasteiger partial charge on any atom is -0.478 e. The van der Waals surface area contributed by atoms with Gasteiger partial charge in [-0.2, -0.15) is 5.10 Å². The Morgan fingerprint density at radius 2 is 2.05 bits per heavy atom. The van der Waals surface area contributed by atoms with E-state index in [-0.39, 0.29) is 11.6 Å². The van der Waals surface area contributed by atoms with Crippen molar-refractivity contribution in [2.45, 2.75) is 26.8 Å². The van der Waals surface area contributed by atoms with Gasteiger partial charge in [-0.1, -0.05) is 11.6 Å². The number of aromatic carboxylic acids is 1. The number of nitrogens with zero attached hydrogens (tertiary/aromatic N) is 2. The van der Waals surface area contributed by atoms with E-state index in [0.717, 1.165) is 16.8 Å². The number of hydrogen-bond acceptors (Lipinski definition) is 2. The van der Waals surface area contributed by atoms with Crippen LogP contribution < -0.4 is 0 Å². The van der Waals surface area contributed by atoms with Crippen LogP contribution in [-0.4, -0.2) is 20.9 Å². The lowest BCUT2D eigenvalue weighted by atomic mass is 10.0. The van der Waals surface area contributed by atoms with Gasteiger partial charge >= 0.3 is 5.97 Å². The topological polar surface area (TPSA) is 55.1 Å². The van der Waals surface area contributed by atoms with Gasteiger partial charge in [0.2, 0.25) is 0 Å². The van der Waals surface area contributed by atoms with Gasteiger partial charge in [0, 0.05) is 22.8 Å². The maximum Gasteiger partial charge on any atom is 0.335 e. The molecule has 4 nitrogen and oxygen atoms in total. The van der Waals surface area contributed by atoms with Crippen molar-refractivity contribution < 1.29 is 9.90 Å². The first kappa shape index (κ1) is 13.6. The molecule has 0 atom stereocenters. The van der Waals surface area contributed by atoms with Crippen molar-refractivity contribution in [3.05, 3.63) is 40.7 Å². The molecular weight excluding hydrogens is 264 g/mol. The standard InChI is InChI=1S/C14H15ClN2O2/c1-8(2)17-7-13(9(3)16-17)10-4-11(14(18)19)6-12(15)5-10/h4-8H,1-3H3,(H,18,19). The second-order valence-corrected chi connectivity index (χ2v) is 5.17. The van der Waals surface area contributed by atoms with Crippen molar-refractivity contribution in [1.29, 1.82) is 0 Å². The van der Waals surface area contributed by atoms with Crippen LogP contribution in [-0.2, 0) is 0 Å². The SMILES string of the molecule is Cc1nn(C(C)C)cc1-c1cc(Cl)cc(C(=O)O)c1. The smallest absolute Gasteiger partial charge is 0.335 e. The highest BCUT2D eigenvalue weighted by Crippen LogP contribution is 2.28. The third-order valence-corrected chi connectivity index (χ3v) is 3.12. The van der Waals surface area contributed by atoms with E-state index >= 15 is 0 Å². The molecule has 1 aromatic heterocycles. The molecule has 0 saturated heterocycles. The number of carboxylic acids is 1. The third kappa shape index (κ3) is 2.79. The molecule has 2 rings (SSSR count). The van der Waals surface area contributed by atoms with Crippen LogP contribution in [0.15, 0.2) is 24.4 Å². The molecule has 19 heavy (non-hydrogen) atoms. The van der Waals surface area contributed by atoms with Crippen molar-refractivity contribution in [3.63, 3.8) is 0 Å².